The zero-order valence-electron chi connectivity index (χ0n) is 15.1. The minimum Gasteiger partial charge on any atom is -0.454 e. The van der Waals surface area contributed by atoms with Gasteiger partial charge >= 0.3 is 6.03 Å². The van der Waals surface area contributed by atoms with Gasteiger partial charge in [0.2, 0.25) is 6.79 Å². The minimum absolute atomic E-state index is 0.186. The number of ether oxygens (including phenoxy) is 2. The number of nitrogens with zero attached hydrogens (tertiary/aromatic N) is 1. The quantitative estimate of drug-likeness (QED) is 0.478. The molecular formula is C21H16N4O4. The second-order valence-electron chi connectivity index (χ2n) is 6.47. The van der Waals surface area contributed by atoms with E-state index in [4.69, 9.17) is 19.7 Å². The van der Waals surface area contributed by atoms with Crippen LogP contribution in [0.15, 0.2) is 65.2 Å². The smallest absolute Gasteiger partial charge is 0.323 e. The van der Waals surface area contributed by atoms with Gasteiger partial charge in [-0.05, 0) is 41.5 Å². The summed E-state index contributed by atoms with van der Waals surface area (Å²) in [7, 11) is 0. The SMILES string of the molecule is Nc1noc2cccc(-c3ccc(NC(=O)Nc4ccc5c(c4)OCO5)cc3)c12. The molecule has 0 bridgehead atoms. The van der Waals surface area contributed by atoms with Crippen LogP contribution in [-0.4, -0.2) is 18.0 Å². The van der Waals surface area contributed by atoms with E-state index in [-0.39, 0.29) is 12.8 Å². The van der Waals surface area contributed by atoms with E-state index >= 15 is 0 Å². The van der Waals surface area contributed by atoms with Gasteiger partial charge in [0.1, 0.15) is 0 Å². The van der Waals surface area contributed by atoms with Crippen molar-refractivity contribution in [3.8, 4) is 22.6 Å². The molecule has 3 aromatic carbocycles. The van der Waals surface area contributed by atoms with E-state index in [9.17, 15) is 4.79 Å². The van der Waals surface area contributed by atoms with Gasteiger partial charge in [-0.15, -0.1) is 0 Å². The summed E-state index contributed by atoms with van der Waals surface area (Å²) in [4.78, 5) is 12.3. The van der Waals surface area contributed by atoms with E-state index in [1.807, 2.05) is 42.5 Å². The monoisotopic (exact) mass is 388 g/mol. The van der Waals surface area contributed by atoms with Crippen LogP contribution < -0.4 is 25.8 Å². The van der Waals surface area contributed by atoms with Crippen LogP contribution >= 0.6 is 0 Å². The fraction of sp³-hybridized carbons (Fsp3) is 0.0476. The van der Waals surface area contributed by atoms with Crippen LogP contribution in [-0.2, 0) is 0 Å². The molecule has 0 saturated carbocycles. The number of carbonyl (C=O) groups is 1. The van der Waals surface area contributed by atoms with Gasteiger partial charge in [-0.25, -0.2) is 4.79 Å². The van der Waals surface area contributed by atoms with E-state index in [2.05, 4.69) is 15.8 Å². The molecule has 4 aromatic rings. The Kier molecular flexibility index (Phi) is 3.94. The molecule has 4 N–H and O–H groups in total. The van der Waals surface area contributed by atoms with Crippen molar-refractivity contribution in [3.05, 3.63) is 60.7 Å². The van der Waals surface area contributed by atoms with E-state index in [1.165, 1.54) is 0 Å². The zero-order chi connectivity index (χ0) is 19.8. The number of nitrogen functional groups attached to an aromatic ring is 1. The fourth-order valence-corrected chi connectivity index (χ4v) is 3.26. The summed E-state index contributed by atoms with van der Waals surface area (Å²) >= 11 is 0. The normalized spacial score (nSPS) is 12.1. The number of hydrogen-bond acceptors (Lipinski definition) is 6. The highest BCUT2D eigenvalue weighted by Gasteiger charge is 2.15. The Morgan fingerprint density at radius 2 is 1.69 bits per heavy atom. The van der Waals surface area contributed by atoms with Crippen molar-refractivity contribution in [2.75, 3.05) is 23.2 Å². The third-order valence-corrected chi connectivity index (χ3v) is 4.61. The zero-order valence-corrected chi connectivity index (χ0v) is 15.1. The van der Waals surface area contributed by atoms with Crippen molar-refractivity contribution in [2.45, 2.75) is 0 Å². The Morgan fingerprint density at radius 1 is 0.931 bits per heavy atom. The Hall–Kier alpha value is -4.20. The number of urea groups is 1. The molecule has 29 heavy (non-hydrogen) atoms. The third kappa shape index (κ3) is 3.16. The van der Waals surface area contributed by atoms with E-state index in [0.29, 0.717) is 34.3 Å². The first-order chi connectivity index (χ1) is 14.2. The predicted molar refractivity (Wildman–Crippen MR) is 109 cm³/mol. The third-order valence-electron chi connectivity index (χ3n) is 4.61. The Morgan fingerprint density at radius 3 is 2.55 bits per heavy atom. The van der Waals surface area contributed by atoms with Crippen LogP contribution in [0.25, 0.3) is 22.1 Å². The van der Waals surface area contributed by atoms with Gasteiger partial charge < -0.3 is 30.4 Å². The summed E-state index contributed by atoms with van der Waals surface area (Å²) in [5.41, 5.74) is 9.67. The number of rotatable bonds is 3. The van der Waals surface area contributed by atoms with Gasteiger partial charge in [0.25, 0.3) is 0 Å². The van der Waals surface area contributed by atoms with Crippen LogP contribution in [0.3, 0.4) is 0 Å². The van der Waals surface area contributed by atoms with Gasteiger partial charge in [0.15, 0.2) is 22.9 Å². The van der Waals surface area contributed by atoms with Crippen molar-refractivity contribution in [3.63, 3.8) is 0 Å². The molecule has 0 spiro atoms. The topological polar surface area (TPSA) is 112 Å². The maximum Gasteiger partial charge on any atom is 0.323 e. The van der Waals surface area contributed by atoms with E-state index < -0.39 is 0 Å². The molecule has 0 atom stereocenters. The molecular weight excluding hydrogens is 372 g/mol. The minimum atomic E-state index is -0.359. The number of benzene rings is 3. The molecule has 2 heterocycles. The second kappa shape index (κ2) is 6.75. The van der Waals surface area contributed by atoms with Gasteiger partial charge in [0, 0.05) is 17.4 Å². The van der Waals surface area contributed by atoms with Crippen LogP contribution in [0.5, 0.6) is 11.5 Å². The van der Waals surface area contributed by atoms with Crippen LogP contribution in [0.1, 0.15) is 0 Å². The molecule has 8 heteroatoms. The maximum absolute atomic E-state index is 12.3. The molecule has 0 saturated heterocycles. The highest BCUT2D eigenvalue weighted by Crippen LogP contribution is 2.35. The molecule has 0 fully saturated rings. The van der Waals surface area contributed by atoms with Crippen molar-refractivity contribution in [2.24, 2.45) is 0 Å². The first-order valence-corrected chi connectivity index (χ1v) is 8.89. The molecule has 2 amide bonds. The van der Waals surface area contributed by atoms with Crippen LogP contribution in [0.4, 0.5) is 22.0 Å². The highest BCUT2D eigenvalue weighted by atomic mass is 16.7. The lowest BCUT2D eigenvalue weighted by molar-refractivity contribution is 0.174. The molecule has 0 radical (unpaired) electrons. The first-order valence-electron chi connectivity index (χ1n) is 8.89. The van der Waals surface area contributed by atoms with Crippen molar-refractivity contribution < 1.29 is 18.8 Å². The summed E-state index contributed by atoms with van der Waals surface area (Å²) < 4.78 is 15.8. The molecule has 0 aliphatic carbocycles. The number of carbonyl (C=O) groups excluding carboxylic acids is 1. The summed E-state index contributed by atoms with van der Waals surface area (Å²) in [6, 6.07) is 17.9. The van der Waals surface area contributed by atoms with Crippen molar-refractivity contribution in [1.82, 2.24) is 5.16 Å². The molecule has 5 rings (SSSR count). The summed E-state index contributed by atoms with van der Waals surface area (Å²) in [6.45, 7) is 0.186. The molecule has 1 aliphatic rings. The maximum atomic E-state index is 12.3. The fourth-order valence-electron chi connectivity index (χ4n) is 3.26. The molecule has 144 valence electrons. The number of amides is 2. The van der Waals surface area contributed by atoms with Gasteiger partial charge in [0.05, 0.1) is 5.39 Å². The predicted octanol–water partition coefficient (Wildman–Crippen LogP) is 4.45. The first kappa shape index (κ1) is 16.9. The van der Waals surface area contributed by atoms with E-state index in [0.717, 1.165) is 16.5 Å². The molecule has 0 unspecified atom stereocenters. The Labute approximate surface area is 165 Å². The number of anilines is 3. The largest absolute Gasteiger partial charge is 0.454 e. The molecule has 1 aliphatic heterocycles. The van der Waals surface area contributed by atoms with Crippen molar-refractivity contribution >= 4 is 34.2 Å². The molecule has 8 nitrogen and oxygen atoms in total. The van der Waals surface area contributed by atoms with E-state index in [1.54, 1.807) is 18.2 Å². The number of nitrogens with one attached hydrogen (secondary N) is 2. The lowest BCUT2D eigenvalue weighted by atomic mass is 10.0. The summed E-state index contributed by atoms with van der Waals surface area (Å²) in [5.74, 6) is 1.62. The average Bonchev–Trinajstić information content (AvgIpc) is 3.35. The summed E-state index contributed by atoms with van der Waals surface area (Å²) in [5, 5.41) is 10.2. The summed E-state index contributed by atoms with van der Waals surface area (Å²) in [6.07, 6.45) is 0. The molecule has 1 aromatic heterocycles. The van der Waals surface area contributed by atoms with Crippen molar-refractivity contribution in [1.29, 1.82) is 0 Å². The number of aromatic nitrogens is 1. The highest BCUT2D eigenvalue weighted by molar-refractivity contribution is 6.02. The van der Waals surface area contributed by atoms with Crippen LogP contribution in [0.2, 0.25) is 0 Å². The standard InChI is InChI=1S/C21H16N4O4/c22-20-19-15(2-1-3-17(19)29-25-20)12-4-6-13(7-5-12)23-21(26)24-14-8-9-16-18(10-14)28-11-27-16/h1-10H,11H2,(H2,22,25)(H2,23,24,26). The lowest BCUT2D eigenvalue weighted by Crippen LogP contribution is -2.19. The number of nitrogens with two attached hydrogens (primary N) is 1. The average molecular weight is 388 g/mol. The Bertz CT molecular complexity index is 1220. The van der Waals surface area contributed by atoms with Gasteiger partial charge in [-0.2, -0.15) is 0 Å². The van der Waals surface area contributed by atoms with Gasteiger partial charge in [-0.3, -0.25) is 0 Å². The number of fused-ring (bicyclic) bond motifs is 2. The van der Waals surface area contributed by atoms with Gasteiger partial charge in [-0.1, -0.05) is 29.4 Å². The lowest BCUT2D eigenvalue weighted by Gasteiger charge is -2.09. The van der Waals surface area contributed by atoms with Crippen LogP contribution in [0, 0.1) is 0 Å². The second-order valence-corrected chi connectivity index (χ2v) is 6.47. The Balaban J connectivity index is 1.31. The number of hydrogen-bond donors (Lipinski definition) is 3.